The van der Waals surface area contributed by atoms with Gasteiger partial charge in [0.2, 0.25) is 0 Å². The number of allylic oxidation sites excluding steroid dienone is 5. The molecule has 3 N–H and O–H groups in total. The Morgan fingerprint density at radius 3 is 2.67 bits per heavy atom. The average Bonchev–Trinajstić information content (AvgIpc) is 2.95. The number of carboxylic acid groups (broad SMARTS) is 1. The number of carboxylic acids is 1. The third-order valence-electron chi connectivity index (χ3n) is 8.08. The minimum Gasteiger partial charge on any atom is -0.481 e. The van der Waals surface area contributed by atoms with Crippen LogP contribution in [-0.2, 0) is 19.1 Å². The van der Waals surface area contributed by atoms with Gasteiger partial charge in [0.15, 0.2) is 5.72 Å². The van der Waals surface area contributed by atoms with E-state index in [-0.39, 0.29) is 37.3 Å². The molecule has 1 saturated heterocycles. The number of aliphatic hydroxyl groups is 2. The molecule has 1 aliphatic heterocycles. The number of esters is 1. The van der Waals surface area contributed by atoms with Gasteiger partial charge < -0.3 is 25.0 Å². The summed E-state index contributed by atoms with van der Waals surface area (Å²) in [5.41, 5.74) is -4.19. The number of rotatable bonds is 9. The van der Waals surface area contributed by atoms with Crippen molar-refractivity contribution in [3.05, 3.63) is 60.3 Å². The molecule has 8 nitrogen and oxygen atoms in total. The Kier molecular flexibility index (Phi) is 7.81. The van der Waals surface area contributed by atoms with Crippen LogP contribution in [-0.4, -0.2) is 62.0 Å². The van der Waals surface area contributed by atoms with Gasteiger partial charge in [-0.25, -0.2) is 4.79 Å². The fourth-order valence-electron chi connectivity index (χ4n) is 5.28. The molecule has 3 aliphatic rings. The first-order valence-corrected chi connectivity index (χ1v) is 12.4. The maximum Gasteiger partial charge on any atom is 0.331 e. The Balaban J connectivity index is 1.85. The quantitative estimate of drug-likeness (QED) is 0.253. The van der Waals surface area contributed by atoms with E-state index in [1.807, 2.05) is 26.0 Å². The van der Waals surface area contributed by atoms with Crippen LogP contribution in [0.3, 0.4) is 0 Å². The summed E-state index contributed by atoms with van der Waals surface area (Å²) in [5, 5.41) is 32.2. The van der Waals surface area contributed by atoms with Crippen LogP contribution in [0.15, 0.2) is 60.3 Å². The predicted octanol–water partition coefficient (Wildman–Crippen LogP) is 3.28. The number of nitrogens with zero attached hydrogens (tertiary/aromatic N) is 1. The van der Waals surface area contributed by atoms with Crippen molar-refractivity contribution in [2.75, 3.05) is 6.54 Å². The summed E-state index contributed by atoms with van der Waals surface area (Å²) < 4.78 is 5.69. The molecule has 8 heteroatoms. The molecular weight excluding hydrogens is 462 g/mol. The third kappa shape index (κ3) is 4.72. The maximum atomic E-state index is 13.0. The largest absolute Gasteiger partial charge is 0.481 e. The Morgan fingerprint density at radius 1 is 1.33 bits per heavy atom. The van der Waals surface area contributed by atoms with E-state index in [4.69, 9.17) is 9.84 Å². The molecule has 0 spiro atoms. The first kappa shape index (κ1) is 27.6. The molecule has 1 amide bonds. The van der Waals surface area contributed by atoms with Crippen molar-refractivity contribution in [1.82, 2.24) is 4.90 Å². The number of carbonyl (C=O) groups excluding carboxylic acids is 2. The lowest BCUT2D eigenvalue weighted by atomic mass is 9.56. The number of amides is 1. The Bertz CT molecular complexity index is 1060. The van der Waals surface area contributed by atoms with Gasteiger partial charge in [0, 0.05) is 35.9 Å². The molecule has 36 heavy (non-hydrogen) atoms. The van der Waals surface area contributed by atoms with Crippen molar-refractivity contribution in [3.8, 4) is 0 Å². The van der Waals surface area contributed by atoms with Crippen LogP contribution < -0.4 is 0 Å². The molecule has 2 aliphatic carbocycles. The van der Waals surface area contributed by atoms with Crippen molar-refractivity contribution in [3.63, 3.8) is 0 Å². The molecular formula is C28H37NO7. The van der Waals surface area contributed by atoms with Crippen LogP contribution in [0.25, 0.3) is 0 Å². The Morgan fingerprint density at radius 2 is 2.03 bits per heavy atom. The first-order chi connectivity index (χ1) is 16.8. The number of hydrogen-bond acceptors (Lipinski definition) is 6. The summed E-state index contributed by atoms with van der Waals surface area (Å²) >= 11 is 0. The van der Waals surface area contributed by atoms with Gasteiger partial charge in [0.25, 0.3) is 5.91 Å². The van der Waals surface area contributed by atoms with E-state index in [0.717, 1.165) is 11.3 Å². The summed E-state index contributed by atoms with van der Waals surface area (Å²) in [6.45, 7) is 11.7. The van der Waals surface area contributed by atoms with E-state index >= 15 is 0 Å². The number of fused-ring (bicyclic) bond motifs is 2. The second kappa shape index (κ2) is 10.2. The molecule has 0 aromatic rings. The van der Waals surface area contributed by atoms with E-state index in [1.165, 1.54) is 12.2 Å². The molecule has 1 heterocycles. The predicted molar refractivity (Wildman–Crippen MR) is 134 cm³/mol. The highest BCUT2D eigenvalue weighted by Crippen LogP contribution is 2.58. The highest BCUT2D eigenvalue weighted by Gasteiger charge is 2.68. The number of carbonyl (C=O) groups is 3. The standard InChI is InChI=1S/C28H37NO7/c1-6-18(2)10-7-8-12-24(32)36-22-14-13-21-16-28(35)27(34,17-26(21,5)19(22)3)20(4)25(33)29(28)15-9-11-23(30)31/h7-8,10,12-14,16,18-19,22,34-35H,4,6,9,11,15,17H2,1-3,5H3,(H,30,31)/b10-7+,12-8+/t18?,19-,22-,26+,27?,28?/m0/s1. The second-order valence-electron chi connectivity index (χ2n) is 10.4. The molecule has 3 rings (SSSR count). The van der Waals surface area contributed by atoms with Gasteiger partial charge in [-0.3, -0.25) is 9.59 Å². The van der Waals surface area contributed by atoms with Gasteiger partial charge in [0.1, 0.15) is 11.7 Å². The van der Waals surface area contributed by atoms with Crippen molar-refractivity contribution >= 4 is 17.8 Å². The van der Waals surface area contributed by atoms with E-state index in [9.17, 15) is 24.6 Å². The highest BCUT2D eigenvalue weighted by molar-refractivity contribution is 5.99. The van der Waals surface area contributed by atoms with Gasteiger partial charge in [-0.15, -0.1) is 0 Å². The topological polar surface area (TPSA) is 124 Å². The van der Waals surface area contributed by atoms with Gasteiger partial charge in [-0.05, 0) is 36.5 Å². The van der Waals surface area contributed by atoms with E-state index in [0.29, 0.717) is 11.5 Å². The fraction of sp³-hybridized carbons (Fsp3) is 0.536. The van der Waals surface area contributed by atoms with E-state index in [1.54, 1.807) is 18.2 Å². The number of ether oxygens (including phenoxy) is 1. The average molecular weight is 500 g/mol. The number of likely N-dealkylation sites (tertiary alicyclic amines) is 1. The SMILES string of the molecule is C=C1C(=O)N(CCCC(=O)O)C2(O)C=C3C=C[C@H](OC(=O)/C=C/C=C/C(C)CC)[C@H](C)[C@@]3(C)CC12O. The molecule has 0 bridgehead atoms. The van der Waals surface area contributed by atoms with Gasteiger partial charge in [0.05, 0.1) is 0 Å². The second-order valence-corrected chi connectivity index (χ2v) is 10.4. The lowest BCUT2D eigenvalue weighted by molar-refractivity contribution is -0.184. The van der Waals surface area contributed by atoms with Crippen molar-refractivity contribution < 1.29 is 34.4 Å². The lowest BCUT2D eigenvalue weighted by Gasteiger charge is -2.53. The molecule has 1 fully saturated rings. The smallest absolute Gasteiger partial charge is 0.331 e. The summed E-state index contributed by atoms with van der Waals surface area (Å²) in [6, 6.07) is 0. The van der Waals surface area contributed by atoms with E-state index < -0.39 is 40.7 Å². The van der Waals surface area contributed by atoms with Crippen LogP contribution in [0, 0.1) is 17.3 Å². The normalized spacial score (nSPS) is 34.6. The zero-order valence-electron chi connectivity index (χ0n) is 21.4. The third-order valence-corrected chi connectivity index (χ3v) is 8.08. The Hall–Kier alpha value is -2.97. The van der Waals surface area contributed by atoms with Gasteiger partial charge in [-0.2, -0.15) is 0 Å². The van der Waals surface area contributed by atoms with Crippen molar-refractivity contribution in [2.45, 2.75) is 70.8 Å². The molecule has 0 radical (unpaired) electrons. The fourth-order valence-corrected chi connectivity index (χ4v) is 5.28. The summed E-state index contributed by atoms with van der Waals surface area (Å²) in [4.78, 5) is 37.4. The highest BCUT2D eigenvalue weighted by atomic mass is 16.5. The number of hydrogen-bond donors (Lipinski definition) is 3. The van der Waals surface area contributed by atoms with Crippen LogP contribution in [0.4, 0.5) is 0 Å². The van der Waals surface area contributed by atoms with Gasteiger partial charge in [-0.1, -0.05) is 65.0 Å². The minimum absolute atomic E-state index is 0.0185. The number of aliphatic carboxylic acids is 1. The first-order valence-electron chi connectivity index (χ1n) is 12.4. The monoisotopic (exact) mass is 499 g/mol. The maximum absolute atomic E-state index is 13.0. The summed E-state index contributed by atoms with van der Waals surface area (Å²) in [7, 11) is 0. The molecule has 196 valence electrons. The summed E-state index contributed by atoms with van der Waals surface area (Å²) in [5.74, 6) is -1.97. The van der Waals surface area contributed by atoms with Crippen LogP contribution in [0.1, 0.15) is 53.4 Å². The Labute approximate surface area is 212 Å². The van der Waals surface area contributed by atoms with Crippen molar-refractivity contribution in [2.24, 2.45) is 17.3 Å². The molecule has 0 aromatic heterocycles. The molecule has 0 saturated carbocycles. The van der Waals surface area contributed by atoms with Crippen LogP contribution >= 0.6 is 0 Å². The zero-order chi connectivity index (χ0) is 26.9. The molecule has 3 unspecified atom stereocenters. The van der Waals surface area contributed by atoms with Gasteiger partial charge >= 0.3 is 11.9 Å². The van der Waals surface area contributed by atoms with Crippen LogP contribution in [0.5, 0.6) is 0 Å². The zero-order valence-corrected chi connectivity index (χ0v) is 21.4. The lowest BCUT2D eigenvalue weighted by Crippen LogP contribution is -2.63. The van der Waals surface area contributed by atoms with Crippen molar-refractivity contribution in [1.29, 1.82) is 0 Å². The molecule has 0 aromatic carbocycles. The minimum atomic E-state index is -2.05. The summed E-state index contributed by atoms with van der Waals surface area (Å²) in [6.07, 6.45) is 12.2. The van der Waals surface area contributed by atoms with E-state index in [2.05, 4.69) is 20.4 Å². The van der Waals surface area contributed by atoms with Crippen LogP contribution in [0.2, 0.25) is 0 Å². The molecule has 6 atom stereocenters.